The van der Waals surface area contributed by atoms with Gasteiger partial charge in [-0.15, -0.1) is 0 Å². The highest BCUT2D eigenvalue weighted by Gasteiger charge is 2.39. The van der Waals surface area contributed by atoms with Crippen LogP contribution in [-0.2, 0) is 0 Å². The summed E-state index contributed by atoms with van der Waals surface area (Å²) in [6.07, 6.45) is 8.22. The van der Waals surface area contributed by atoms with Crippen LogP contribution in [-0.4, -0.2) is 0 Å². The molecule has 2 aromatic rings. The molecule has 0 nitrogen and oxygen atoms in total. The highest BCUT2D eigenvalue weighted by molar-refractivity contribution is 5.78. The minimum Gasteiger partial charge on any atom is -0.0726 e. The van der Waals surface area contributed by atoms with E-state index in [1.165, 1.54) is 33.4 Å². The van der Waals surface area contributed by atoms with E-state index < -0.39 is 0 Å². The zero-order chi connectivity index (χ0) is 16.7. The van der Waals surface area contributed by atoms with Crippen molar-refractivity contribution in [3.8, 4) is 0 Å². The molecule has 0 aliphatic heterocycles. The fraction of sp³-hybridized carbons (Fsp3) is 0.250. The van der Waals surface area contributed by atoms with Gasteiger partial charge in [-0.05, 0) is 41.0 Å². The topological polar surface area (TPSA) is 0 Å². The molecule has 1 atom stereocenters. The standard InChI is InChI=1S/C24H24/c1-17-15-20-11-7-8-12-22(20)23(17)24(2,3)21-14-13-19(16-21)18-9-5-4-6-10-18/h4-13,15-16,23H,14H2,1-3H3. The molecule has 1 unspecified atom stereocenters. The van der Waals surface area contributed by atoms with E-state index >= 15 is 0 Å². The molecular formula is C24H24. The van der Waals surface area contributed by atoms with Gasteiger partial charge in [-0.2, -0.15) is 0 Å². The van der Waals surface area contributed by atoms with E-state index in [4.69, 9.17) is 0 Å². The second-order valence-electron chi connectivity index (χ2n) is 7.57. The first kappa shape index (κ1) is 15.2. The lowest BCUT2D eigenvalue weighted by atomic mass is 9.68. The Morgan fingerprint density at radius 2 is 1.58 bits per heavy atom. The van der Waals surface area contributed by atoms with Gasteiger partial charge in [-0.25, -0.2) is 0 Å². The lowest BCUT2D eigenvalue weighted by Gasteiger charge is -2.35. The second-order valence-corrected chi connectivity index (χ2v) is 7.57. The Balaban J connectivity index is 1.69. The average molecular weight is 312 g/mol. The maximum atomic E-state index is 2.42. The van der Waals surface area contributed by atoms with Gasteiger partial charge in [0.2, 0.25) is 0 Å². The summed E-state index contributed by atoms with van der Waals surface area (Å²) in [4.78, 5) is 0. The van der Waals surface area contributed by atoms with Crippen molar-refractivity contribution in [2.75, 3.05) is 0 Å². The van der Waals surface area contributed by atoms with Crippen molar-refractivity contribution >= 4 is 11.6 Å². The molecule has 2 aromatic carbocycles. The summed E-state index contributed by atoms with van der Waals surface area (Å²) in [6.45, 7) is 7.10. The first-order valence-electron chi connectivity index (χ1n) is 8.81. The summed E-state index contributed by atoms with van der Waals surface area (Å²) in [5, 5.41) is 0. The fourth-order valence-corrected chi connectivity index (χ4v) is 4.43. The molecule has 0 saturated carbocycles. The van der Waals surface area contributed by atoms with Gasteiger partial charge in [-0.1, -0.05) is 97.8 Å². The lowest BCUT2D eigenvalue weighted by Crippen LogP contribution is -2.24. The van der Waals surface area contributed by atoms with E-state index in [2.05, 4.69) is 93.6 Å². The molecule has 0 saturated heterocycles. The molecule has 0 radical (unpaired) electrons. The Kier molecular flexibility index (Phi) is 3.57. The van der Waals surface area contributed by atoms with Gasteiger partial charge in [0, 0.05) is 5.92 Å². The third-order valence-electron chi connectivity index (χ3n) is 5.67. The van der Waals surface area contributed by atoms with Gasteiger partial charge >= 0.3 is 0 Å². The number of rotatable bonds is 3. The Hall–Kier alpha value is -2.34. The number of hydrogen-bond donors (Lipinski definition) is 0. The molecule has 2 aliphatic rings. The molecule has 120 valence electrons. The summed E-state index contributed by atoms with van der Waals surface area (Å²) < 4.78 is 0. The maximum absolute atomic E-state index is 2.42. The van der Waals surface area contributed by atoms with E-state index in [0.29, 0.717) is 5.92 Å². The minimum absolute atomic E-state index is 0.125. The molecule has 24 heavy (non-hydrogen) atoms. The van der Waals surface area contributed by atoms with Crippen LogP contribution in [0.25, 0.3) is 11.6 Å². The van der Waals surface area contributed by atoms with E-state index in [9.17, 15) is 0 Å². The quantitative estimate of drug-likeness (QED) is 0.597. The third kappa shape index (κ3) is 2.38. The van der Waals surface area contributed by atoms with Gasteiger partial charge < -0.3 is 0 Å². The van der Waals surface area contributed by atoms with Crippen molar-refractivity contribution in [3.63, 3.8) is 0 Å². The highest BCUT2D eigenvalue weighted by Crippen LogP contribution is 2.53. The van der Waals surface area contributed by atoms with Crippen molar-refractivity contribution in [2.45, 2.75) is 33.1 Å². The van der Waals surface area contributed by atoms with Gasteiger partial charge in [0.25, 0.3) is 0 Å². The zero-order valence-corrected chi connectivity index (χ0v) is 14.7. The van der Waals surface area contributed by atoms with Crippen LogP contribution in [0.4, 0.5) is 0 Å². The van der Waals surface area contributed by atoms with Gasteiger partial charge in [0.15, 0.2) is 0 Å². The Bertz CT molecular complexity index is 860. The van der Waals surface area contributed by atoms with Crippen LogP contribution in [0.5, 0.6) is 0 Å². The van der Waals surface area contributed by atoms with Gasteiger partial charge in [0.05, 0.1) is 0 Å². The van der Waals surface area contributed by atoms with Crippen molar-refractivity contribution in [1.29, 1.82) is 0 Å². The van der Waals surface area contributed by atoms with E-state index in [-0.39, 0.29) is 5.41 Å². The van der Waals surface area contributed by atoms with Crippen molar-refractivity contribution in [3.05, 3.63) is 94.6 Å². The van der Waals surface area contributed by atoms with Crippen LogP contribution in [0, 0.1) is 5.41 Å². The Morgan fingerprint density at radius 3 is 2.38 bits per heavy atom. The number of benzene rings is 2. The monoisotopic (exact) mass is 312 g/mol. The predicted molar refractivity (Wildman–Crippen MR) is 104 cm³/mol. The molecule has 0 heterocycles. The Labute approximate surface area is 145 Å². The summed E-state index contributed by atoms with van der Waals surface area (Å²) in [6, 6.07) is 19.6. The van der Waals surface area contributed by atoms with Crippen molar-refractivity contribution in [1.82, 2.24) is 0 Å². The number of allylic oxidation sites excluding steroid dienone is 5. The fourth-order valence-electron chi connectivity index (χ4n) is 4.43. The molecule has 2 aliphatic carbocycles. The maximum Gasteiger partial charge on any atom is 0.0143 e. The predicted octanol–water partition coefficient (Wildman–Crippen LogP) is 6.63. The smallest absolute Gasteiger partial charge is 0.0143 e. The van der Waals surface area contributed by atoms with E-state index in [1.54, 1.807) is 0 Å². The van der Waals surface area contributed by atoms with E-state index in [1.807, 2.05) is 0 Å². The van der Waals surface area contributed by atoms with E-state index in [0.717, 1.165) is 6.42 Å². The first-order chi connectivity index (χ1) is 11.6. The lowest BCUT2D eigenvalue weighted by molar-refractivity contribution is 0.383. The van der Waals surface area contributed by atoms with Crippen molar-refractivity contribution in [2.24, 2.45) is 5.41 Å². The van der Waals surface area contributed by atoms with Crippen LogP contribution in [0.1, 0.15) is 49.8 Å². The van der Waals surface area contributed by atoms with Gasteiger partial charge in [0.1, 0.15) is 0 Å². The normalized spacial score (nSPS) is 19.6. The second kappa shape index (κ2) is 5.63. The summed E-state index contributed by atoms with van der Waals surface area (Å²) in [5.74, 6) is 0.475. The molecule has 0 aromatic heterocycles. The van der Waals surface area contributed by atoms with Crippen LogP contribution in [0.15, 0.2) is 77.9 Å². The highest BCUT2D eigenvalue weighted by atomic mass is 14.4. The van der Waals surface area contributed by atoms with Crippen LogP contribution in [0.3, 0.4) is 0 Å². The zero-order valence-electron chi connectivity index (χ0n) is 14.7. The molecule has 0 amide bonds. The van der Waals surface area contributed by atoms with Gasteiger partial charge in [-0.3, -0.25) is 0 Å². The number of fused-ring (bicyclic) bond motifs is 1. The SMILES string of the molecule is CC1=Cc2ccccc2C1C(C)(C)C1=CC(c2ccccc2)=CC1. The number of hydrogen-bond acceptors (Lipinski definition) is 0. The molecule has 0 spiro atoms. The average Bonchev–Trinajstić information content (AvgIpc) is 3.20. The summed E-state index contributed by atoms with van der Waals surface area (Å²) >= 11 is 0. The molecule has 0 fully saturated rings. The molecule has 0 heteroatoms. The Morgan fingerprint density at radius 1 is 0.875 bits per heavy atom. The molecule has 4 rings (SSSR count). The molecule has 0 bridgehead atoms. The first-order valence-corrected chi connectivity index (χ1v) is 8.81. The largest absolute Gasteiger partial charge is 0.0726 e. The van der Waals surface area contributed by atoms with Crippen molar-refractivity contribution < 1.29 is 0 Å². The van der Waals surface area contributed by atoms with Crippen LogP contribution in [0.2, 0.25) is 0 Å². The minimum atomic E-state index is 0.125. The summed E-state index contributed by atoms with van der Waals surface area (Å²) in [7, 11) is 0. The van der Waals surface area contributed by atoms with Crippen LogP contribution >= 0.6 is 0 Å². The summed E-state index contributed by atoms with van der Waals surface area (Å²) in [5.41, 5.74) is 8.71. The molecule has 0 N–H and O–H groups in total. The van der Waals surface area contributed by atoms with Crippen LogP contribution < -0.4 is 0 Å². The third-order valence-corrected chi connectivity index (χ3v) is 5.67. The molecular weight excluding hydrogens is 288 g/mol.